The van der Waals surface area contributed by atoms with Gasteiger partial charge in [-0.25, -0.2) is 14.2 Å². The number of fused-ring (bicyclic) bond motifs is 1. The summed E-state index contributed by atoms with van der Waals surface area (Å²) in [4.78, 5) is 47.4. The van der Waals surface area contributed by atoms with E-state index in [1.54, 1.807) is 13.1 Å². The van der Waals surface area contributed by atoms with E-state index in [-0.39, 0.29) is 24.1 Å². The first-order valence-corrected chi connectivity index (χ1v) is 8.20. The molecular weight excluding hydrogens is 341 g/mol. The van der Waals surface area contributed by atoms with Gasteiger partial charge < -0.3 is 14.8 Å². The SMILES string of the molecule is CN(CCc1nc2ccc(F)cc2[nH]1)C(=O)C[C@H]1C(=O)N(C)C(=O)N1C. The van der Waals surface area contributed by atoms with Crippen LogP contribution >= 0.6 is 0 Å². The largest absolute Gasteiger partial charge is 0.345 e. The number of aromatic amines is 1. The molecule has 0 radical (unpaired) electrons. The summed E-state index contributed by atoms with van der Waals surface area (Å²) in [7, 11) is 4.55. The van der Waals surface area contributed by atoms with E-state index in [0.29, 0.717) is 29.8 Å². The molecule has 1 aliphatic heterocycles. The Hall–Kier alpha value is -2.97. The lowest BCUT2D eigenvalue weighted by Crippen LogP contribution is -2.38. The molecule has 0 bridgehead atoms. The van der Waals surface area contributed by atoms with Crippen LogP contribution < -0.4 is 0 Å². The second-order valence-electron chi connectivity index (χ2n) is 6.42. The zero-order valence-electron chi connectivity index (χ0n) is 14.8. The molecule has 0 aliphatic carbocycles. The van der Waals surface area contributed by atoms with Crippen LogP contribution in [0, 0.1) is 5.82 Å². The molecule has 0 unspecified atom stereocenters. The van der Waals surface area contributed by atoms with Gasteiger partial charge in [0.05, 0.1) is 17.5 Å². The molecule has 9 heteroatoms. The van der Waals surface area contributed by atoms with Gasteiger partial charge in [-0.3, -0.25) is 14.5 Å². The van der Waals surface area contributed by atoms with Crippen molar-refractivity contribution in [1.82, 2.24) is 24.7 Å². The molecule has 26 heavy (non-hydrogen) atoms. The van der Waals surface area contributed by atoms with Gasteiger partial charge in [0.2, 0.25) is 5.91 Å². The number of hydrogen-bond donors (Lipinski definition) is 1. The number of benzene rings is 1. The number of imide groups is 1. The highest BCUT2D eigenvalue weighted by molar-refractivity contribution is 6.05. The maximum Gasteiger partial charge on any atom is 0.326 e. The Balaban J connectivity index is 1.58. The number of nitrogens with zero attached hydrogens (tertiary/aromatic N) is 4. The zero-order chi connectivity index (χ0) is 19.0. The first kappa shape index (κ1) is 17.8. The fourth-order valence-corrected chi connectivity index (χ4v) is 2.95. The summed E-state index contributed by atoms with van der Waals surface area (Å²) < 4.78 is 13.2. The fraction of sp³-hybridized carbons (Fsp3) is 0.412. The summed E-state index contributed by atoms with van der Waals surface area (Å²) in [6, 6.07) is 3.13. The molecule has 2 aromatic rings. The molecule has 1 aliphatic rings. The molecule has 1 aromatic carbocycles. The zero-order valence-corrected chi connectivity index (χ0v) is 14.8. The van der Waals surface area contributed by atoms with Crippen LogP contribution in [0.25, 0.3) is 11.0 Å². The molecule has 1 fully saturated rings. The highest BCUT2D eigenvalue weighted by atomic mass is 19.1. The first-order chi connectivity index (χ1) is 12.3. The average Bonchev–Trinajstić information content (AvgIpc) is 3.09. The van der Waals surface area contributed by atoms with Gasteiger partial charge >= 0.3 is 6.03 Å². The monoisotopic (exact) mass is 361 g/mol. The molecule has 3 rings (SSSR count). The van der Waals surface area contributed by atoms with Gasteiger partial charge in [0.1, 0.15) is 17.7 Å². The third-order valence-corrected chi connectivity index (χ3v) is 4.64. The third kappa shape index (κ3) is 3.24. The number of aromatic nitrogens is 2. The van der Waals surface area contributed by atoms with Gasteiger partial charge in [-0.15, -0.1) is 0 Å². The molecule has 0 spiro atoms. The second-order valence-corrected chi connectivity index (χ2v) is 6.42. The normalized spacial score (nSPS) is 17.5. The summed E-state index contributed by atoms with van der Waals surface area (Å²) >= 11 is 0. The molecule has 1 aromatic heterocycles. The minimum atomic E-state index is -0.767. The number of amides is 4. The van der Waals surface area contributed by atoms with Crippen LogP contribution in [-0.4, -0.2) is 76.2 Å². The molecule has 138 valence electrons. The number of halogens is 1. The number of imidazole rings is 1. The summed E-state index contributed by atoms with van der Waals surface area (Å²) in [5.74, 6) is -0.307. The van der Waals surface area contributed by atoms with Crippen LogP contribution in [-0.2, 0) is 16.0 Å². The number of nitrogens with one attached hydrogen (secondary N) is 1. The number of hydrogen-bond acceptors (Lipinski definition) is 4. The van der Waals surface area contributed by atoms with E-state index in [0.717, 1.165) is 4.90 Å². The molecule has 8 nitrogen and oxygen atoms in total. The molecule has 1 N–H and O–H groups in total. The highest BCUT2D eigenvalue weighted by Gasteiger charge is 2.42. The van der Waals surface area contributed by atoms with Gasteiger partial charge in [0.15, 0.2) is 0 Å². The van der Waals surface area contributed by atoms with Crippen LogP contribution in [0.15, 0.2) is 18.2 Å². The van der Waals surface area contributed by atoms with Crippen molar-refractivity contribution >= 4 is 28.9 Å². The molecular formula is C17H20FN5O3. The van der Waals surface area contributed by atoms with Gasteiger partial charge in [0.25, 0.3) is 5.91 Å². The Bertz CT molecular complexity index is 880. The predicted molar refractivity (Wildman–Crippen MR) is 91.7 cm³/mol. The smallest absolute Gasteiger partial charge is 0.326 e. The average molecular weight is 361 g/mol. The molecule has 0 saturated carbocycles. The van der Waals surface area contributed by atoms with Crippen molar-refractivity contribution in [3.05, 3.63) is 29.8 Å². The van der Waals surface area contributed by atoms with Crippen molar-refractivity contribution in [3.63, 3.8) is 0 Å². The Morgan fingerprint density at radius 1 is 1.35 bits per heavy atom. The molecule has 1 saturated heterocycles. The van der Waals surface area contributed by atoms with Crippen LogP contribution in [0.5, 0.6) is 0 Å². The summed E-state index contributed by atoms with van der Waals surface area (Å²) in [6.07, 6.45) is 0.402. The van der Waals surface area contributed by atoms with Crippen LogP contribution in [0.1, 0.15) is 12.2 Å². The van der Waals surface area contributed by atoms with Crippen molar-refractivity contribution in [2.45, 2.75) is 18.9 Å². The lowest BCUT2D eigenvalue weighted by molar-refractivity contribution is -0.135. The highest BCUT2D eigenvalue weighted by Crippen LogP contribution is 2.18. The number of carbonyl (C=O) groups excluding carboxylic acids is 3. The molecule has 2 heterocycles. The minimum absolute atomic E-state index is 0.0622. The first-order valence-electron chi connectivity index (χ1n) is 8.20. The standard InChI is InChI=1S/C17H20FN5O3/c1-21(15(24)9-13-16(25)23(3)17(26)22(13)2)7-6-14-19-11-5-4-10(18)8-12(11)20-14/h4-5,8,13H,6-7,9H2,1-3H3,(H,19,20)/t13-/m0/s1. The third-order valence-electron chi connectivity index (χ3n) is 4.64. The topological polar surface area (TPSA) is 89.6 Å². The van der Waals surface area contributed by atoms with Crippen molar-refractivity contribution in [2.75, 3.05) is 27.7 Å². The van der Waals surface area contributed by atoms with E-state index < -0.39 is 12.1 Å². The van der Waals surface area contributed by atoms with Crippen molar-refractivity contribution in [2.24, 2.45) is 0 Å². The number of carbonyl (C=O) groups is 3. The van der Waals surface area contributed by atoms with Gasteiger partial charge in [-0.05, 0) is 18.2 Å². The maximum absolute atomic E-state index is 13.2. The van der Waals surface area contributed by atoms with E-state index in [2.05, 4.69) is 9.97 Å². The summed E-state index contributed by atoms with van der Waals surface area (Å²) in [6.45, 7) is 0.384. The number of urea groups is 1. The second kappa shape index (κ2) is 6.74. The van der Waals surface area contributed by atoms with Crippen LogP contribution in [0.3, 0.4) is 0 Å². The van der Waals surface area contributed by atoms with E-state index in [9.17, 15) is 18.8 Å². The summed E-state index contributed by atoms with van der Waals surface area (Å²) in [5.41, 5.74) is 1.27. The van der Waals surface area contributed by atoms with Crippen molar-refractivity contribution < 1.29 is 18.8 Å². The lowest BCUT2D eigenvalue weighted by Gasteiger charge is -2.20. The fourth-order valence-electron chi connectivity index (χ4n) is 2.95. The Labute approximate surface area is 149 Å². The van der Waals surface area contributed by atoms with Crippen LogP contribution in [0.2, 0.25) is 0 Å². The van der Waals surface area contributed by atoms with Gasteiger partial charge in [0, 0.05) is 34.1 Å². The maximum atomic E-state index is 13.2. The van der Waals surface area contributed by atoms with Gasteiger partial charge in [-0.1, -0.05) is 0 Å². The van der Waals surface area contributed by atoms with Crippen molar-refractivity contribution in [1.29, 1.82) is 0 Å². The number of H-pyrrole nitrogens is 1. The quantitative estimate of drug-likeness (QED) is 0.804. The molecule has 4 amide bonds. The van der Waals surface area contributed by atoms with Crippen molar-refractivity contribution in [3.8, 4) is 0 Å². The Morgan fingerprint density at radius 2 is 2.08 bits per heavy atom. The molecule has 1 atom stereocenters. The van der Waals surface area contributed by atoms with E-state index in [4.69, 9.17) is 0 Å². The predicted octanol–water partition coefficient (Wildman–Crippen LogP) is 0.985. The number of likely N-dealkylation sites (N-methyl/N-ethyl adjacent to an activating group) is 3. The Kier molecular flexibility index (Phi) is 4.62. The number of rotatable bonds is 5. The lowest BCUT2D eigenvalue weighted by atomic mass is 10.1. The van der Waals surface area contributed by atoms with Crippen LogP contribution in [0.4, 0.5) is 9.18 Å². The minimum Gasteiger partial charge on any atom is -0.345 e. The summed E-state index contributed by atoms with van der Waals surface area (Å²) in [5, 5.41) is 0. The van der Waals surface area contributed by atoms with E-state index in [1.807, 2.05) is 0 Å². The Morgan fingerprint density at radius 3 is 2.73 bits per heavy atom. The van der Waals surface area contributed by atoms with Gasteiger partial charge in [-0.2, -0.15) is 0 Å². The van der Waals surface area contributed by atoms with E-state index in [1.165, 1.54) is 36.0 Å². The van der Waals surface area contributed by atoms with E-state index >= 15 is 0 Å².